The lowest BCUT2D eigenvalue weighted by atomic mass is 10.0. The van der Waals surface area contributed by atoms with E-state index in [-0.39, 0.29) is 17.5 Å². The number of benzene rings is 1. The fraction of sp³-hybridized carbons (Fsp3) is 0.385. The van der Waals surface area contributed by atoms with Crippen molar-refractivity contribution in [3.63, 3.8) is 0 Å². The summed E-state index contributed by atoms with van der Waals surface area (Å²) < 4.78 is 14.9. The van der Waals surface area contributed by atoms with Crippen LogP contribution in [0, 0.1) is 5.82 Å². The lowest BCUT2D eigenvalue weighted by Crippen LogP contribution is -2.43. The minimum Gasteiger partial charge on any atom is -0.351 e. The molecule has 1 aliphatic rings. The first kappa shape index (κ1) is 12.7. The number of likely N-dealkylation sites (tertiary alicyclic amines) is 1. The largest absolute Gasteiger partial charge is 0.351 e. The van der Waals surface area contributed by atoms with Gasteiger partial charge < -0.3 is 15.6 Å². The van der Waals surface area contributed by atoms with Crippen LogP contribution < -0.4 is 11.4 Å². The van der Waals surface area contributed by atoms with Crippen LogP contribution in [0.15, 0.2) is 23.0 Å². The summed E-state index contributed by atoms with van der Waals surface area (Å²) in [5.41, 5.74) is 6.17. The number of primary amides is 1. The molecule has 1 fully saturated rings. The van der Waals surface area contributed by atoms with Crippen LogP contribution in [-0.4, -0.2) is 33.6 Å². The Morgan fingerprint density at radius 2 is 2.05 bits per heavy atom. The van der Waals surface area contributed by atoms with E-state index < -0.39 is 6.03 Å². The second-order valence-electron chi connectivity index (χ2n) is 5.02. The molecule has 3 N–H and O–H groups in total. The van der Waals surface area contributed by atoms with Crippen LogP contribution in [0.4, 0.5) is 9.18 Å². The standard InChI is InChI=1S/C13H15FN4O2/c14-8-1-2-10-11(7-8)18(13(20)16-10)9-3-5-17(6-4-9)12(15)19/h1-2,7,9H,3-6H2,(H2,15,19)(H,16,20). The van der Waals surface area contributed by atoms with Crippen LogP contribution >= 0.6 is 0 Å². The molecule has 0 radical (unpaired) electrons. The summed E-state index contributed by atoms with van der Waals surface area (Å²) in [4.78, 5) is 27.4. The molecule has 20 heavy (non-hydrogen) atoms. The van der Waals surface area contributed by atoms with Crippen LogP contribution in [0.2, 0.25) is 0 Å². The van der Waals surface area contributed by atoms with Gasteiger partial charge in [-0.05, 0) is 31.0 Å². The average Bonchev–Trinajstić information content (AvgIpc) is 2.74. The Morgan fingerprint density at radius 3 is 2.70 bits per heavy atom. The molecule has 2 aromatic rings. The molecule has 2 heterocycles. The van der Waals surface area contributed by atoms with Gasteiger partial charge in [0.15, 0.2) is 0 Å². The summed E-state index contributed by atoms with van der Waals surface area (Å²) in [6.07, 6.45) is 1.26. The number of H-pyrrole nitrogens is 1. The highest BCUT2D eigenvalue weighted by Gasteiger charge is 2.25. The van der Waals surface area contributed by atoms with Crippen molar-refractivity contribution in [2.75, 3.05) is 13.1 Å². The molecule has 1 aliphatic heterocycles. The van der Waals surface area contributed by atoms with E-state index in [4.69, 9.17) is 5.73 Å². The number of halogens is 1. The van der Waals surface area contributed by atoms with Gasteiger partial charge in [0.05, 0.1) is 11.0 Å². The number of carbonyl (C=O) groups is 1. The van der Waals surface area contributed by atoms with E-state index >= 15 is 0 Å². The van der Waals surface area contributed by atoms with Crippen molar-refractivity contribution in [2.24, 2.45) is 5.73 Å². The smallest absolute Gasteiger partial charge is 0.326 e. The molecule has 1 aromatic heterocycles. The van der Waals surface area contributed by atoms with Crippen LogP contribution in [0.1, 0.15) is 18.9 Å². The highest BCUT2D eigenvalue weighted by Crippen LogP contribution is 2.25. The normalized spacial score (nSPS) is 16.8. The predicted octanol–water partition coefficient (Wildman–Crippen LogP) is 1.18. The van der Waals surface area contributed by atoms with Crippen LogP contribution in [-0.2, 0) is 0 Å². The monoisotopic (exact) mass is 278 g/mol. The molecule has 7 heteroatoms. The highest BCUT2D eigenvalue weighted by molar-refractivity contribution is 5.75. The molecule has 0 aliphatic carbocycles. The van der Waals surface area contributed by atoms with E-state index in [9.17, 15) is 14.0 Å². The van der Waals surface area contributed by atoms with Crippen LogP contribution in [0.25, 0.3) is 11.0 Å². The number of urea groups is 1. The van der Waals surface area contributed by atoms with Gasteiger partial charge in [-0.1, -0.05) is 0 Å². The van der Waals surface area contributed by atoms with Gasteiger partial charge in [0.1, 0.15) is 5.82 Å². The van der Waals surface area contributed by atoms with E-state index in [1.54, 1.807) is 15.5 Å². The van der Waals surface area contributed by atoms with E-state index in [0.717, 1.165) is 0 Å². The quantitative estimate of drug-likeness (QED) is 0.821. The minimum absolute atomic E-state index is 0.0475. The molecule has 3 rings (SSSR count). The van der Waals surface area contributed by atoms with Gasteiger partial charge >= 0.3 is 11.7 Å². The van der Waals surface area contributed by atoms with Crippen molar-refractivity contribution in [1.29, 1.82) is 0 Å². The molecule has 106 valence electrons. The first-order valence-corrected chi connectivity index (χ1v) is 6.50. The van der Waals surface area contributed by atoms with E-state index in [1.807, 2.05) is 0 Å². The number of nitrogens with two attached hydrogens (primary N) is 1. The molecular weight excluding hydrogens is 263 g/mol. The number of aromatic nitrogens is 2. The summed E-state index contributed by atoms with van der Waals surface area (Å²) >= 11 is 0. The Kier molecular flexibility index (Phi) is 2.96. The molecule has 0 atom stereocenters. The fourth-order valence-corrected chi connectivity index (χ4v) is 2.80. The summed E-state index contributed by atoms with van der Waals surface area (Å²) in [6, 6.07) is 3.74. The van der Waals surface area contributed by atoms with Gasteiger partial charge in [-0.3, -0.25) is 4.57 Å². The number of nitrogens with one attached hydrogen (secondary N) is 1. The molecule has 1 aromatic carbocycles. The van der Waals surface area contributed by atoms with Gasteiger partial charge in [-0.2, -0.15) is 0 Å². The van der Waals surface area contributed by atoms with Crippen LogP contribution in [0.5, 0.6) is 0 Å². The van der Waals surface area contributed by atoms with E-state index in [0.29, 0.717) is 37.0 Å². The number of amides is 2. The highest BCUT2D eigenvalue weighted by atomic mass is 19.1. The van der Waals surface area contributed by atoms with Crippen molar-refractivity contribution in [2.45, 2.75) is 18.9 Å². The van der Waals surface area contributed by atoms with Crippen molar-refractivity contribution in [3.05, 3.63) is 34.5 Å². The molecule has 1 saturated heterocycles. The number of hydrogen-bond acceptors (Lipinski definition) is 2. The zero-order chi connectivity index (χ0) is 14.3. The van der Waals surface area contributed by atoms with Crippen molar-refractivity contribution < 1.29 is 9.18 Å². The molecule has 0 unspecified atom stereocenters. The summed E-state index contributed by atoms with van der Waals surface area (Å²) in [6.45, 7) is 1.02. The van der Waals surface area contributed by atoms with Gasteiger partial charge in [0, 0.05) is 19.1 Å². The number of nitrogens with zero attached hydrogens (tertiary/aromatic N) is 2. The molecule has 0 saturated carbocycles. The van der Waals surface area contributed by atoms with Gasteiger partial charge in [-0.25, -0.2) is 14.0 Å². The molecule has 0 bridgehead atoms. The van der Waals surface area contributed by atoms with Gasteiger partial charge in [0.25, 0.3) is 0 Å². The topological polar surface area (TPSA) is 84.1 Å². The fourth-order valence-electron chi connectivity index (χ4n) is 2.80. The minimum atomic E-state index is -0.444. The number of hydrogen-bond donors (Lipinski definition) is 2. The Hall–Kier alpha value is -2.31. The molecule has 0 spiro atoms. The van der Waals surface area contributed by atoms with Crippen molar-refractivity contribution >= 4 is 17.1 Å². The Morgan fingerprint density at radius 1 is 1.35 bits per heavy atom. The number of rotatable bonds is 1. The second kappa shape index (κ2) is 4.66. The van der Waals surface area contributed by atoms with Crippen molar-refractivity contribution in [1.82, 2.24) is 14.5 Å². The summed E-state index contributed by atoms with van der Waals surface area (Å²) in [5.74, 6) is -0.375. The maximum absolute atomic E-state index is 13.4. The number of fused-ring (bicyclic) bond motifs is 1. The SMILES string of the molecule is NC(=O)N1CCC(n2c(=O)[nH]c3ccc(F)cc32)CC1. The maximum atomic E-state index is 13.4. The second-order valence-corrected chi connectivity index (χ2v) is 5.02. The van der Waals surface area contributed by atoms with Crippen LogP contribution in [0.3, 0.4) is 0 Å². The third kappa shape index (κ3) is 2.04. The first-order valence-electron chi connectivity index (χ1n) is 6.50. The van der Waals surface area contributed by atoms with Gasteiger partial charge in [-0.15, -0.1) is 0 Å². The van der Waals surface area contributed by atoms with Gasteiger partial charge in [0.2, 0.25) is 0 Å². The van der Waals surface area contributed by atoms with E-state index in [2.05, 4.69) is 4.98 Å². The Labute approximate surface area is 114 Å². The number of carbonyl (C=O) groups excluding carboxylic acids is 1. The van der Waals surface area contributed by atoms with E-state index in [1.165, 1.54) is 12.1 Å². The number of imidazole rings is 1. The zero-order valence-corrected chi connectivity index (χ0v) is 10.8. The third-order valence-corrected chi connectivity index (χ3v) is 3.82. The molecular formula is C13H15FN4O2. The zero-order valence-electron chi connectivity index (χ0n) is 10.8. The molecule has 2 amide bonds. The Balaban J connectivity index is 1.95. The number of piperidine rings is 1. The lowest BCUT2D eigenvalue weighted by molar-refractivity contribution is 0.180. The summed E-state index contributed by atoms with van der Waals surface area (Å²) in [5, 5.41) is 0. The third-order valence-electron chi connectivity index (χ3n) is 3.82. The lowest BCUT2D eigenvalue weighted by Gasteiger charge is -2.31. The average molecular weight is 278 g/mol. The maximum Gasteiger partial charge on any atom is 0.326 e. The number of aromatic amines is 1. The predicted molar refractivity (Wildman–Crippen MR) is 71.9 cm³/mol. The van der Waals surface area contributed by atoms with Crippen molar-refractivity contribution in [3.8, 4) is 0 Å². The molecule has 6 nitrogen and oxygen atoms in total. The Bertz CT molecular complexity index is 713. The first-order chi connectivity index (χ1) is 9.56. The summed E-state index contributed by atoms with van der Waals surface area (Å²) in [7, 11) is 0.